The summed E-state index contributed by atoms with van der Waals surface area (Å²) in [5.74, 6) is 0. The molecule has 3 rings (SSSR count). The van der Waals surface area contributed by atoms with Gasteiger partial charge in [-0.25, -0.2) is 4.79 Å². The van der Waals surface area contributed by atoms with Crippen LogP contribution in [0.25, 0.3) is 0 Å². The molecule has 0 bridgehead atoms. The van der Waals surface area contributed by atoms with Gasteiger partial charge in [0, 0.05) is 52.4 Å². The molecule has 8 nitrogen and oxygen atoms in total. The van der Waals surface area contributed by atoms with Gasteiger partial charge in [0.05, 0.1) is 13.2 Å². The second-order valence-electron chi connectivity index (χ2n) is 5.88. The summed E-state index contributed by atoms with van der Waals surface area (Å²) in [7, 11) is -3.34. The van der Waals surface area contributed by atoms with Crippen molar-refractivity contribution in [2.45, 2.75) is 12.8 Å². The molecule has 0 unspecified atom stereocenters. The van der Waals surface area contributed by atoms with Crippen LogP contribution in [0.2, 0.25) is 0 Å². The highest BCUT2D eigenvalue weighted by atomic mass is 32.2. The van der Waals surface area contributed by atoms with Crippen LogP contribution in [0.15, 0.2) is 0 Å². The van der Waals surface area contributed by atoms with E-state index < -0.39 is 10.2 Å². The van der Waals surface area contributed by atoms with Gasteiger partial charge in [-0.05, 0) is 12.8 Å². The topological polar surface area (TPSA) is 73.4 Å². The lowest BCUT2D eigenvalue weighted by Crippen LogP contribution is -2.57. The highest BCUT2D eigenvalue weighted by Gasteiger charge is 2.35. The van der Waals surface area contributed by atoms with E-state index in [0.29, 0.717) is 65.6 Å². The summed E-state index contributed by atoms with van der Waals surface area (Å²) >= 11 is 0. The summed E-state index contributed by atoms with van der Waals surface area (Å²) in [4.78, 5) is 15.9. The third kappa shape index (κ3) is 3.22. The van der Waals surface area contributed by atoms with Gasteiger partial charge in [0.2, 0.25) is 0 Å². The van der Waals surface area contributed by atoms with Crippen molar-refractivity contribution >= 4 is 16.2 Å². The van der Waals surface area contributed by atoms with Crippen LogP contribution < -0.4 is 0 Å². The molecule has 3 aliphatic rings. The summed E-state index contributed by atoms with van der Waals surface area (Å²) in [6.45, 7) is 5.32. The molecule has 3 aliphatic heterocycles. The van der Waals surface area contributed by atoms with E-state index in [9.17, 15) is 13.2 Å². The van der Waals surface area contributed by atoms with Gasteiger partial charge in [-0.3, -0.25) is 0 Å². The van der Waals surface area contributed by atoms with Gasteiger partial charge in [0.1, 0.15) is 0 Å². The van der Waals surface area contributed by atoms with E-state index in [1.165, 1.54) is 4.31 Å². The second-order valence-corrected chi connectivity index (χ2v) is 7.81. The van der Waals surface area contributed by atoms with Crippen molar-refractivity contribution in [1.29, 1.82) is 0 Å². The average Bonchev–Trinajstić information content (AvgIpc) is 3.10. The molecular weight excluding hydrogens is 308 g/mol. The summed E-state index contributed by atoms with van der Waals surface area (Å²) in [6, 6.07) is 0.00141. The molecule has 0 radical (unpaired) electrons. The van der Waals surface area contributed by atoms with Crippen LogP contribution >= 0.6 is 0 Å². The quantitative estimate of drug-likeness (QED) is 0.677. The fourth-order valence-electron chi connectivity index (χ4n) is 3.15. The lowest BCUT2D eigenvalue weighted by molar-refractivity contribution is 0.0404. The molecule has 0 aromatic rings. The van der Waals surface area contributed by atoms with E-state index in [0.717, 1.165) is 12.8 Å². The van der Waals surface area contributed by atoms with Crippen LogP contribution in [-0.4, -0.2) is 98.4 Å². The van der Waals surface area contributed by atoms with Crippen molar-refractivity contribution in [2.75, 3.05) is 65.6 Å². The molecule has 0 saturated carbocycles. The number of rotatable bonds is 2. The second kappa shape index (κ2) is 6.69. The van der Waals surface area contributed by atoms with Crippen molar-refractivity contribution in [1.82, 2.24) is 18.4 Å². The van der Waals surface area contributed by atoms with Crippen molar-refractivity contribution < 1.29 is 17.9 Å². The number of piperazine rings is 1. The lowest BCUT2D eigenvalue weighted by Gasteiger charge is -2.38. The molecule has 126 valence electrons. The molecular formula is C13H24N4O4S. The van der Waals surface area contributed by atoms with Crippen molar-refractivity contribution in [3.63, 3.8) is 0 Å². The number of amides is 2. The number of hydrogen-bond acceptors (Lipinski definition) is 4. The van der Waals surface area contributed by atoms with Gasteiger partial charge in [0.15, 0.2) is 0 Å². The maximum atomic E-state index is 12.5. The molecule has 3 saturated heterocycles. The minimum atomic E-state index is -3.34. The molecule has 0 atom stereocenters. The normalized spacial score (nSPS) is 25.6. The van der Waals surface area contributed by atoms with E-state index in [2.05, 4.69) is 0 Å². The van der Waals surface area contributed by atoms with Crippen LogP contribution in [0.1, 0.15) is 12.8 Å². The summed E-state index contributed by atoms with van der Waals surface area (Å²) in [6.07, 6.45) is 1.88. The standard InChI is InChI=1S/C13H24N4O4S/c18-13(15-9-11-21-12-10-15)14-5-7-17(8-6-14)22(19,20)16-3-1-2-4-16/h1-12H2. The van der Waals surface area contributed by atoms with Crippen molar-refractivity contribution in [3.05, 3.63) is 0 Å². The maximum Gasteiger partial charge on any atom is 0.320 e. The molecule has 3 heterocycles. The Kier molecular flexibility index (Phi) is 4.86. The Morgan fingerprint density at radius 3 is 1.82 bits per heavy atom. The highest BCUT2D eigenvalue weighted by Crippen LogP contribution is 2.18. The number of ether oxygens (including phenoxy) is 1. The summed E-state index contributed by atoms with van der Waals surface area (Å²) < 4.78 is 33.3. The predicted molar refractivity (Wildman–Crippen MR) is 80.7 cm³/mol. The maximum absolute atomic E-state index is 12.5. The first-order valence-electron chi connectivity index (χ1n) is 7.96. The number of nitrogens with zero attached hydrogens (tertiary/aromatic N) is 4. The first kappa shape index (κ1) is 16.0. The fourth-order valence-corrected chi connectivity index (χ4v) is 4.82. The average molecular weight is 332 g/mol. The molecule has 0 aliphatic carbocycles. The van der Waals surface area contributed by atoms with Gasteiger partial charge in [-0.15, -0.1) is 0 Å². The molecule has 3 fully saturated rings. The monoisotopic (exact) mass is 332 g/mol. The van der Waals surface area contributed by atoms with Crippen molar-refractivity contribution in [2.24, 2.45) is 0 Å². The van der Waals surface area contributed by atoms with E-state index in [-0.39, 0.29) is 6.03 Å². The van der Waals surface area contributed by atoms with Crippen LogP contribution in [0, 0.1) is 0 Å². The van der Waals surface area contributed by atoms with Gasteiger partial charge in [-0.1, -0.05) is 0 Å². The first-order chi connectivity index (χ1) is 10.6. The Morgan fingerprint density at radius 2 is 1.23 bits per heavy atom. The molecule has 2 amide bonds. The van der Waals surface area contributed by atoms with Crippen LogP contribution in [0.3, 0.4) is 0 Å². The van der Waals surface area contributed by atoms with Gasteiger partial charge in [-0.2, -0.15) is 17.0 Å². The summed E-state index contributed by atoms with van der Waals surface area (Å²) in [5.41, 5.74) is 0. The smallest absolute Gasteiger partial charge is 0.320 e. The highest BCUT2D eigenvalue weighted by molar-refractivity contribution is 7.86. The Labute approximate surface area is 131 Å². The van der Waals surface area contributed by atoms with Gasteiger partial charge < -0.3 is 14.5 Å². The minimum Gasteiger partial charge on any atom is -0.378 e. The number of carbonyl (C=O) groups is 1. The zero-order chi connectivity index (χ0) is 15.6. The zero-order valence-corrected chi connectivity index (χ0v) is 13.6. The van der Waals surface area contributed by atoms with Crippen LogP contribution in [-0.2, 0) is 14.9 Å². The Balaban J connectivity index is 1.54. The van der Waals surface area contributed by atoms with Crippen LogP contribution in [0.4, 0.5) is 4.79 Å². The van der Waals surface area contributed by atoms with E-state index >= 15 is 0 Å². The third-order valence-corrected chi connectivity index (χ3v) is 6.54. The fraction of sp³-hybridized carbons (Fsp3) is 0.923. The van der Waals surface area contributed by atoms with Gasteiger partial charge >= 0.3 is 6.03 Å². The Morgan fingerprint density at radius 1 is 0.727 bits per heavy atom. The third-order valence-electron chi connectivity index (χ3n) is 4.51. The number of urea groups is 1. The molecule has 22 heavy (non-hydrogen) atoms. The van der Waals surface area contributed by atoms with E-state index in [4.69, 9.17) is 4.74 Å². The molecule has 0 aromatic heterocycles. The van der Waals surface area contributed by atoms with Crippen molar-refractivity contribution in [3.8, 4) is 0 Å². The predicted octanol–water partition coefficient (Wildman–Crippen LogP) is -0.603. The number of carbonyl (C=O) groups excluding carboxylic acids is 1. The lowest BCUT2D eigenvalue weighted by atomic mass is 10.3. The number of hydrogen-bond donors (Lipinski definition) is 0. The van der Waals surface area contributed by atoms with E-state index in [1.54, 1.807) is 14.1 Å². The minimum absolute atomic E-state index is 0.00141. The zero-order valence-electron chi connectivity index (χ0n) is 12.8. The van der Waals surface area contributed by atoms with Crippen LogP contribution in [0.5, 0.6) is 0 Å². The summed E-state index contributed by atoms with van der Waals surface area (Å²) in [5, 5.41) is 0. The Hall–Kier alpha value is -0.900. The number of morpholine rings is 1. The molecule has 9 heteroatoms. The van der Waals surface area contributed by atoms with E-state index in [1.807, 2.05) is 0 Å². The largest absolute Gasteiger partial charge is 0.378 e. The molecule has 0 N–H and O–H groups in total. The SMILES string of the molecule is O=C(N1CCOCC1)N1CCN(S(=O)(=O)N2CCCC2)CC1. The van der Waals surface area contributed by atoms with Gasteiger partial charge in [0.25, 0.3) is 10.2 Å². The molecule has 0 aromatic carbocycles. The first-order valence-corrected chi connectivity index (χ1v) is 9.35. The Bertz CT molecular complexity index is 492. The molecule has 0 spiro atoms.